The Morgan fingerprint density at radius 3 is 2.65 bits per heavy atom. The Kier molecular flexibility index (Phi) is 8.38. The zero-order valence-electron chi connectivity index (χ0n) is 21.3. The number of rotatable bonds is 10. The summed E-state index contributed by atoms with van der Waals surface area (Å²) < 4.78 is 33.1. The highest BCUT2D eigenvalue weighted by molar-refractivity contribution is 7.89. The van der Waals surface area contributed by atoms with E-state index in [4.69, 9.17) is 16.3 Å². The number of halogens is 1. The van der Waals surface area contributed by atoms with Crippen molar-refractivity contribution in [3.05, 3.63) is 53.7 Å². The van der Waals surface area contributed by atoms with Crippen LogP contribution >= 0.6 is 11.6 Å². The summed E-state index contributed by atoms with van der Waals surface area (Å²) in [5.74, 6) is 1.23. The van der Waals surface area contributed by atoms with Gasteiger partial charge in [-0.25, -0.2) is 18.1 Å². The molecule has 1 atom stereocenters. The number of nitrogens with one attached hydrogen (secondary N) is 3. The lowest BCUT2D eigenvalue weighted by Gasteiger charge is -2.23. The predicted octanol–water partition coefficient (Wildman–Crippen LogP) is 4.06. The van der Waals surface area contributed by atoms with Crippen LogP contribution in [0.25, 0.3) is 0 Å². The number of ether oxygens (including phenoxy) is 1. The molecule has 0 aliphatic carbocycles. The number of sulfonamides is 1. The molecule has 3 aromatic rings. The van der Waals surface area contributed by atoms with E-state index in [-0.39, 0.29) is 21.7 Å². The molecule has 4 rings (SSSR count). The topological polar surface area (TPSA) is 112 Å². The minimum Gasteiger partial charge on any atom is -0.492 e. The lowest BCUT2D eigenvalue weighted by molar-refractivity contribution is 0.315. The maximum Gasteiger partial charge on any atom is 0.242 e. The fraction of sp³-hybridized carbons (Fsp3) is 0.360. The monoisotopic (exact) mass is 545 g/mol. The van der Waals surface area contributed by atoms with Gasteiger partial charge in [-0.1, -0.05) is 23.7 Å². The summed E-state index contributed by atoms with van der Waals surface area (Å²) in [5, 5.41) is 6.47. The molecule has 1 saturated heterocycles. The number of hydrogen-bond acceptors (Lipinski definition) is 9. The molecule has 12 heteroatoms. The SMILES string of the molecule is CCOc1cc(N2CC[C@H](N(C)C)C2)ccc1Nc1ncc(Cl)c(Nc2ccccc2S(=O)(=O)NC)n1. The predicted molar refractivity (Wildman–Crippen MR) is 148 cm³/mol. The van der Waals surface area contributed by atoms with E-state index in [1.54, 1.807) is 18.2 Å². The van der Waals surface area contributed by atoms with Crippen LogP contribution < -0.4 is 25.0 Å². The highest BCUT2D eigenvalue weighted by Gasteiger charge is 2.25. The van der Waals surface area contributed by atoms with Gasteiger partial charge >= 0.3 is 0 Å². The lowest BCUT2D eigenvalue weighted by atomic mass is 10.2. The molecule has 1 aliphatic rings. The molecule has 0 radical (unpaired) electrons. The third-order valence-electron chi connectivity index (χ3n) is 6.21. The average Bonchev–Trinajstić information content (AvgIpc) is 3.38. The van der Waals surface area contributed by atoms with Gasteiger partial charge in [0, 0.05) is 30.9 Å². The van der Waals surface area contributed by atoms with Crippen molar-refractivity contribution in [2.75, 3.05) is 56.4 Å². The number of para-hydroxylation sites is 1. The molecule has 2 heterocycles. The van der Waals surface area contributed by atoms with Crippen molar-refractivity contribution in [2.45, 2.75) is 24.3 Å². The molecule has 1 fully saturated rings. The Bertz CT molecular complexity index is 1350. The Labute approximate surface area is 223 Å². The van der Waals surface area contributed by atoms with Gasteiger partial charge in [0.2, 0.25) is 16.0 Å². The molecule has 3 N–H and O–H groups in total. The van der Waals surface area contributed by atoms with Crippen molar-refractivity contribution in [1.82, 2.24) is 19.6 Å². The molecule has 2 aromatic carbocycles. The molecule has 1 aromatic heterocycles. The molecule has 0 saturated carbocycles. The van der Waals surface area contributed by atoms with E-state index in [0.29, 0.717) is 29.8 Å². The minimum absolute atomic E-state index is 0.0781. The summed E-state index contributed by atoms with van der Waals surface area (Å²) >= 11 is 6.34. The zero-order chi connectivity index (χ0) is 26.6. The Hall–Kier alpha value is -3.12. The Balaban J connectivity index is 1.58. The number of hydrogen-bond donors (Lipinski definition) is 3. The van der Waals surface area contributed by atoms with E-state index < -0.39 is 10.0 Å². The summed E-state index contributed by atoms with van der Waals surface area (Å²) in [6.07, 6.45) is 2.57. The van der Waals surface area contributed by atoms with E-state index in [1.165, 1.54) is 19.3 Å². The molecule has 0 amide bonds. The Morgan fingerprint density at radius 1 is 1.16 bits per heavy atom. The first-order valence-corrected chi connectivity index (χ1v) is 13.8. The van der Waals surface area contributed by atoms with Gasteiger partial charge in [-0.2, -0.15) is 4.98 Å². The second kappa shape index (κ2) is 11.5. The largest absolute Gasteiger partial charge is 0.492 e. The van der Waals surface area contributed by atoms with E-state index >= 15 is 0 Å². The molecule has 0 unspecified atom stereocenters. The first-order chi connectivity index (χ1) is 17.7. The summed E-state index contributed by atoms with van der Waals surface area (Å²) in [5.41, 5.74) is 2.14. The van der Waals surface area contributed by atoms with Crippen molar-refractivity contribution >= 4 is 50.5 Å². The van der Waals surface area contributed by atoms with Crippen molar-refractivity contribution in [2.24, 2.45) is 0 Å². The maximum atomic E-state index is 12.4. The summed E-state index contributed by atoms with van der Waals surface area (Å²) in [7, 11) is 1.89. The second-order valence-electron chi connectivity index (χ2n) is 8.81. The fourth-order valence-corrected chi connectivity index (χ4v) is 5.19. The maximum absolute atomic E-state index is 12.4. The van der Waals surface area contributed by atoms with E-state index in [9.17, 15) is 8.42 Å². The Morgan fingerprint density at radius 2 is 1.95 bits per heavy atom. The van der Waals surface area contributed by atoms with E-state index in [1.807, 2.05) is 19.1 Å². The van der Waals surface area contributed by atoms with E-state index in [0.717, 1.165) is 25.2 Å². The molecule has 198 valence electrons. The van der Waals surface area contributed by atoms with Gasteiger partial charge in [0.15, 0.2) is 5.82 Å². The van der Waals surface area contributed by atoms with Crippen molar-refractivity contribution in [1.29, 1.82) is 0 Å². The second-order valence-corrected chi connectivity index (χ2v) is 11.1. The number of likely N-dealkylation sites (N-methyl/N-ethyl adjacent to an activating group) is 1. The van der Waals surface area contributed by atoms with Gasteiger partial charge in [0.25, 0.3) is 0 Å². The molecular weight excluding hydrogens is 514 g/mol. The first-order valence-electron chi connectivity index (χ1n) is 12.0. The van der Waals surface area contributed by atoms with Crippen LogP contribution in [0.2, 0.25) is 5.02 Å². The van der Waals surface area contributed by atoms with Crippen molar-refractivity contribution in [3.63, 3.8) is 0 Å². The molecule has 37 heavy (non-hydrogen) atoms. The van der Waals surface area contributed by atoms with Crippen LogP contribution in [0.5, 0.6) is 5.75 Å². The van der Waals surface area contributed by atoms with Gasteiger partial charge in [0.05, 0.1) is 24.2 Å². The smallest absolute Gasteiger partial charge is 0.242 e. The highest BCUT2D eigenvalue weighted by Crippen LogP contribution is 2.34. The third kappa shape index (κ3) is 6.24. The van der Waals surface area contributed by atoms with Crippen molar-refractivity contribution < 1.29 is 13.2 Å². The van der Waals surface area contributed by atoms with Gasteiger partial charge in [0.1, 0.15) is 15.7 Å². The van der Waals surface area contributed by atoms with Crippen LogP contribution in [0.15, 0.2) is 53.6 Å². The van der Waals surface area contributed by atoms with Crippen LogP contribution in [0, 0.1) is 0 Å². The van der Waals surface area contributed by atoms with Crippen LogP contribution in [0.4, 0.5) is 28.8 Å². The summed E-state index contributed by atoms with van der Waals surface area (Å²) in [6, 6.07) is 13.1. The third-order valence-corrected chi connectivity index (χ3v) is 7.96. The fourth-order valence-electron chi connectivity index (χ4n) is 4.16. The average molecular weight is 546 g/mol. The molecular formula is C25H32ClN7O3S. The number of anilines is 5. The summed E-state index contributed by atoms with van der Waals surface area (Å²) in [4.78, 5) is 13.5. The van der Waals surface area contributed by atoms with Gasteiger partial charge in [-0.15, -0.1) is 0 Å². The number of aromatic nitrogens is 2. The minimum atomic E-state index is -3.69. The van der Waals surface area contributed by atoms with Crippen molar-refractivity contribution in [3.8, 4) is 5.75 Å². The quantitative estimate of drug-likeness (QED) is 0.347. The van der Waals surface area contributed by atoms with Crippen LogP contribution in [0.1, 0.15) is 13.3 Å². The van der Waals surface area contributed by atoms with Gasteiger partial charge in [-0.05, 0) is 58.8 Å². The molecule has 0 spiro atoms. The summed E-state index contributed by atoms with van der Waals surface area (Å²) in [6.45, 7) is 4.39. The molecule has 0 bridgehead atoms. The van der Waals surface area contributed by atoms with Gasteiger partial charge < -0.3 is 25.2 Å². The zero-order valence-corrected chi connectivity index (χ0v) is 22.9. The lowest BCUT2D eigenvalue weighted by Crippen LogP contribution is -2.31. The highest BCUT2D eigenvalue weighted by atomic mass is 35.5. The van der Waals surface area contributed by atoms with Crippen LogP contribution in [-0.4, -0.2) is 70.2 Å². The standard InChI is InChI=1S/C25H32ClN7O3S/c1-5-36-22-14-17(33-13-12-18(16-33)32(3)4)10-11-20(22)30-25-28-15-19(26)24(31-25)29-21-8-6-7-9-23(21)37(34,35)27-2/h6-11,14-15,18,27H,5,12-13,16H2,1-4H3,(H2,28,29,30,31)/t18-/m0/s1. The molecule has 1 aliphatic heterocycles. The van der Waals surface area contributed by atoms with E-state index in [2.05, 4.69) is 55.3 Å². The normalized spacial score (nSPS) is 15.7. The number of nitrogens with zero attached hydrogens (tertiary/aromatic N) is 4. The van der Waals surface area contributed by atoms with Gasteiger partial charge in [-0.3, -0.25) is 0 Å². The van der Waals surface area contributed by atoms with Crippen LogP contribution in [-0.2, 0) is 10.0 Å². The molecule has 10 nitrogen and oxygen atoms in total. The van der Waals surface area contributed by atoms with Crippen LogP contribution in [0.3, 0.4) is 0 Å². The first kappa shape index (κ1) is 26.9. The number of benzene rings is 2.